The Morgan fingerprint density at radius 2 is 1.88 bits per heavy atom. The highest BCUT2D eigenvalue weighted by Crippen LogP contribution is 2.21. The Morgan fingerprint density at radius 1 is 1.08 bits per heavy atom. The summed E-state index contributed by atoms with van der Waals surface area (Å²) in [5, 5.41) is 16.4. The van der Waals surface area contributed by atoms with Crippen molar-refractivity contribution >= 4 is 34.9 Å². The van der Waals surface area contributed by atoms with Crippen molar-refractivity contribution < 1.29 is 4.79 Å². The Hall–Kier alpha value is -2.80. The summed E-state index contributed by atoms with van der Waals surface area (Å²) >= 11 is 1.62. The summed E-state index contributed by atoms with van der Waals surface area (Å²) in [7, 11) is 0. The molecular formula is C17H17N5OS. The van der Waals surface area contributed by atoms with E-state index in [1.165, 1.54) is 0 Å². The molecule has 3 rings (SSSR count). The molecule has 0 aliphatic rings. The van der Waals surface area contributed by atoms with Gasteiger partial charge in [-0.3, -0.25) is 4.79 Å². The van der Waals surface area contributed by atoms with Gasteiger partial charge in [0.15, 0.2) is 11.5 Å². The molecule has 0 spiro atoms. The normalized spacial score (nSPS) is 10.4. The summed E-state index contributed by atoms with van der Waals surface area (Å²) in [6, 6.07) is 15.4. The molecule has 24 heavy (non-hydrogen) atoms. The van der Waals surface area contributed by atoms with Gasteiger partial charge in [-0.15, -0.1) is 22.0 Å². The van der Waals surface area contributed by atoms with Crippen LogP contribution in [-0.4, -0.2) is 27.6 Å². The number of nitrogens with zero attached hydrogens (tertiary/aromatic N) is 2. The summed E-state index contributed by atoms with van der Waals surface area (Å²) in [5.74, 6) is 0.0639. The highest BCUT2D eigenvalue weighted by atomic mass is 32.2. The molecule has 6 nitrogen and oxygen atoms in total. The Balaban J connectivity index is 1.76. The molecule has 3 N–H and O–H groups in total. The fourth-order valence-corrected chi connectivity index (χ4v) is 2.60. The van der Waals surface area contributed by atoms with E-state index in [1.54, 1.807) is 11.8 Å². The van der Waals surface area contributed by atoms with Crippen LogP contribution < -0.4 is 10.6 Å². The molecule has 3 aromatic rings. The lowest BCUT2D eigenvalue weighted by atomic mass is 10.2. The van der Waals surface area contributed by atoms with Crippen molar-refractivity contribution in [1.82, 2.24) is 15.4 Å². The first-order valence-electron chi connectivity index (χ1n) is 7.35. The zero-order valence-corrected chi connectivity index (χ0v) is 14.1. The second kappa shape index (κ2) is 7.18. The number of nitrogens with one attached hydrogen (secondary N) is 3. The summed E-state index contributed by atoms with van der Waals surface area (Å²) in [6.45, 7) is 2.02. The van der Waals surface area contributed by atoms with Gasteiger partial charge in [0.1, 0.15) is 0 Å². The summed E-state index contributed by atoms with van der Waals surface area (Å²) < 4.78 is 0. The molecule has 0 fully saturated rings. The molecule has 122 valence electrons. The minimum Gasteiger partial charge on any atom is -0.337 e. The van der Waals surface area contributed by atoms with Crippen LogP contribution in [0.3, 0.4) is 0 Å². The van der Waals surface area contributed by atoms with Crippen molar-refractivity contribution in [2.75, 3.05) is 16.9 Å². The second-order valence-corrected chi connectivity index (χ2v) is 6.08. The van der Waals surface area contributed by atoms with E-state index in [2.05, 4.69) is 26.0 Å². The second-order valence-electron chi connectivity index (χ2n) is 5.20. The lowest BCUT2D eigenvalue weighted by Gasteiger charge is -2.07. The van der Waals surface area contributed by atoms with E-state index in [1.807, 2.05) is 61.7 Å². The maximum Gasteiger partial charge on any atom is 0.280 e. The lowest BCUT2D eigenvalue weighted by Crippen LogP contribution is -2.14. The topological polar surface area (TPSA) is 82.7 Å². The molecule has 7 heteroatoms. The average Bonchev–Trinajstić information content (AvgIpc) is 3.05. The van der Waals surface area contributed by atoms with Crippen molar-refractivity contribution in [3.05, 3.63) is 59.8 Å². The van der Waals surface area contributed by atoms with E-state index >= 15 is 0 Å². The number of amides is 1. The summed E-state index contributed by atoms with van der Waals surface area (Å²) in [5.41, 5.74) is 2.93. The van der Waals surface area contributed by atoms with E-state index in [0.717, 1.165) is 21.8 Å². The maximum atomic E-state index is 12.5. The van der Waals surface area contributed by atoms with Gasteiger partial charge in [0.05, 0.1) is 0 Å². The highest BCUT2D eigenvalue weighted by molar-refractivity contribution is 7.98. The van der Waals surface area contributed by atoms with Crippen LogP contribution in [-0.2, 0) is 0 Å². The lowest BCUT2D eigenvalue weighted by molar-refractivity contribution is 0.102. The fourth-order valence-electron chi connectivity index (χ4n) is 2.14. The third-order valence-corrected chi connectivity index (χ3v) is 4.13. The van der Waals surface area contributed by atoms with Crippen LogP contribution in [0.25, 0.3) is 0 Å². The van der Waals surface area contributed by atoms with Crippen molar-refractivity contribution in [3.63, 3.8) is 0 Å². The SMILES string of the molecule is CSc1cccc(NC(=O)c2n[nH]nc2Nc2ccc(C)cc2)c1. The van der Waals surface area contributed by atoms with Crippen molar-refractivity contribution in [2.24, 2.45) is 0 Å². The maximum absolute atomic E-state index is 12.5. The van der Waals surface area contributed by atoms with E-state index in [4.69, 9.17) is 0 Å². The third kappa shape index (κ3) is 3.75. The number of hydrogen-bond acceptors (Lipinski definition) is 5. The number of hydrogen-bond donors (Lipinski definition) is 3. The monoisotopic (exact) mass is 339 g/mol. The zero-order valence-electron chi connectivity index (χ0n) is 13.3. The first-order valence-corrected chi connectivity index (χ1v) is 8.58. The molecule has 0 radical (unpaired) electrons. The molecule has 1 amide bonds. The van der Waals surface area contributed by atoms with Crippen LogP contribution in [0.15, 0.2) is 53.4 Å². The number of H-pyrrole nitrogens is 1. The van der Waals surface area contributed by atoms with Gasteiger partial charge in [0.2, 0.25) is 0 Å². The van der Waals surface area contributed by atoms with Crippen LogP contribution >= 0.6 is 11.8 Å². The molecule has 0 aliphatic carbocycles. The van der Waals surface area contributed by atoms with Gasteiger partial charge < -0.3 is 10.6 Å². The van der Waals surface area contributed by atoms with E-state index in [0.29, 0.717) is 5.82 Å². The Labute approximate surface area is 144 Å². The van der Waals surface area contributed by atoms with Gasteiger partial charge in [-0.1, -0.05) is 23.8 Å². The fraction of sp³-hybridized carbons (Fsp3) is 0.118. The van der Waals surface area contributed by atoms with Crippen molar-refractivity contribution in [3.8, 4) is 0 Å². The van der Waals surface area contributed by atoms with Crippen molar-refractivity contribution in [1.29, 1.82) is 0 Å². The predicted octanol–water partition coefficient (Wildman–Crippen LogP) is 3.83. The van der Waals surface area contributed by atoms with Gasteiger partial charge in [0, 0.05) is 16.3 Å². The van der Waals surface area contributed by atoms with Crippen LogP contribution in [0.2, 0.25) is 0 Å². The first kappa shape index (κ1) is 16.1. The molecule has 1 heterocycles. The molecule has 0 bridgehead atoms. The van der Waals surface area contributed by atoms with Gasteiger partial charge in [-0.25, -0.2) is 0 Å². The van der Waals surface area contributed by atoms with Crippen LogP contribution in [0.1, 0.15) is 16.1 Å². The Morgan fingerprint density at radius 3 is 2.62 bits per heavy atom. The van der Waals surface area contributed by atoms with Gasteiger partial charge in [-0.05, 0) is 43.5 Å². The number of aromatic amines is 1. The molecule has 0 unspecified atom stereocenters. The smallest absolute Gasteiger partial charge is 0.280 e. The molecular weight excluding hydrogens is 322 g/mol. The number of rotatable bonds is 5. The number of carbonyl (C=O) groups is 1. The third-order valence-electron chi connectivity index (χ3n) is 3.40. The predicted molar refractivity (Wildman–Crippen MR) is 97.0 cm³/mol. The first-order chi connectivity index (χ1) is 11.7. The van der Waals surface area contributed by atoms with Gasteiger partial charge in [-0.2, -0.15) is 5.21 Å². The highest BCUT2D eigenvalue weighted by Gasteiger charge is 2.17. The standard InChI is InChI=1S/C17H17N5OS/c1-11-6-8-12(9-7-11)18-16-15(20-22-21-16)17(23)19-13-4-3-5-14(10-13)24-2/h3-10H,1-2H3,(H,19,23)(H2,18,20,21,22). The van der Waals surface area contributed by atoms with E-state index in [-0.39, 0.29) is 11.6 Å². The van der Waals surface area contributed by atoms with Crippen molar-refractivity contribution in [2.45, 2.75) is 11.8 Å². The molecule has 1 aromatic heterocycles. The van der Waals surface area contributed by atoms with Crippen LogP contribution in [0.5, 0.6) is 0 Å². The Kier molecular flexibility index (Phi) is 4.81. The number of thioether (sulfide) groups is 1. The molecule has 0 saturated carbocycles. The number of carbonyl (C=O) groups excluding carboxylic acids is 1. The van der Waals surface area contributed by atoms with E-state index < -0.39 is 0 Å². The quantitative estimate of drug-likeness (QED) is 0.615. The molecule has 0 saturated heterocycles. The number of anilines is 3. The van der Waals surface area contributed by atoms with Crippen LogP contribution in [0, 0.1) is 6.92 Å². The van der Waals surface area contributed by atoms with Crippen LogP contribution in [0.4, 0.5) is 17.2 Å². The average molecular weight is 339 g/mol. The number of aryl methyl sites for hydroxylation is 1. The van der Waals surface area contributed by atoms with E-state index in [9.17, 15) is 4.79 Å². The Bertz CT molecular complexity index is 844. The summed E-state index contributed by atoms with van der Waals surface area (Å²) in [4.78, 5) is 13.5. The van der Waals surface area contributed by atoms with Gasteiger partial charge in [0.25, 0.3) is 5.91 Å². The molecule has 0 aliphatic heterocycles. The summed E-state index contributed by atoms with van der Waals surface area (Å²) in [6.07, 6.45) is 1.99. The minimum absolute atomic E-state index is 0.213. The zero-order chi connectivity index (χ0) is 16.9. The molecule has 0 atom stereocenters. The number of benzene rings is 2. The number of aromatic nitrogens is 3. The van der Waals surface area contributed by atoms with Gasteiger partial charge >= 0.3 is 0 Å². The largest absolute Gasteiger partial charge is 0.337 e. The molecule has 2 aromatic carbocycles. The minimum atomic E-state index is -0.323.